The molecule has 0 bridgehead atoms. The second-order valence-corrected chi connectivity index (χ2v) is 5.65. The molecule has 144 valence electrons. The van der Waals surface area contributed by atoms with Crippen LogP contribution in [0.5, 0.6) is 11.5 Å². The lowest BCUT2D eigenvalue weighted by Gasteiger charge is -2.25. The van der Waals surface area contributed by atoms with E-state index in [-0.39, 0.29) is 18.4 Å². The fraction of sp³-hybridized carbons (Fsp3) is 0.235. The number of carbonyl (C=O) groups excluding carboxylic acids is 1. The number of para-hydroxylation sites is 2. The highest BCUT2D eigenvalue weighted by Crippen LogP contribution is 2.38. The first kappa shape index (κ1) is 18.9. The first-order valence-corrected chi connectivity index (χ1v) is 7.53. The van der Waals surface area contributed by atoms with Gasteiger partial charge in [-0.05, 0) is 30.3 Å². The third kappa shape index (κ3) is 4.26. The van der Waals surface area contributed by atoms with E-state index < -0.39 is 41.2 Å². The van der Waals surface area contributed by atoms with E-state index >= 15 is 0 Å². The SMILES string of the molecule is O=C(Nc1cc(C(F)(F)F)cc(C(F)(F)F)c1)[C@@H]1COc2ccccc2O1. The monoisotopic (exact) mass is 391 g/mol. The zero-order valence-electron chi connectivity index (χ0n) is 13.3. The number of nitrogens with one attached hydrogen (secondary N) is 1. The molecule has 0 aliphatic carbocycles. The zero-order chi connectivity index (χ0) is 19.8. The number of hydrogen-bond donors (Lipinski definition) is 1. The summed E-state index contributed by atoms with van der Waals surface area (Å²) in [5.74, 6) is -0.319. The van der Waals surface area contributed by atoms with Gasteiger partial charge in [0.15, 0.2) is 11.5 Å². The summed E-state index contributed by atoms with van der Waals surface area (Å²) < 4.78 is 87.9. The molecule has 0 spiro atoms. The Balaban J connectivity index is 1.83. The summed E-state index contributed by atoms with van der Waals surface area (Å²) in [5, 5.41) is 2.02. The van der Waals surface area contributed by atoms with Crippen LogP contribution in [-0.2, 0) is 17.1 Å². The maximum Gasteiger partial charge on any atom is 0.416 e. The van der Waals surface area contributed by atoms with Crippen LogP contribution in [0.4, 0.5) is 32.0 Å². The van der Waals surface area contributed by atoms with E-state index in [9.17, 15) is 31.1 Å². The number of benzene rings is 2. The highest BCUT2D eigenvalue weighted by atomic mass is 19.4. The van der Waals surface area contributed by atoms with Crippen molar-refractivity contribution in [3.8, 4) is 11.5 Å². The highest BCUT2D eigenvalue weighted by molar-refractivity contribution is 5.95. The number of anilines is 1. The van der Waals surface area contributed by atoms with E-state index in [4.69, 9.17) is 9.47 Å². The third-order valence-corrected chi connectivity index (χ3v) is 3.66. The molecule has 0 fully saturated rings. The molecule has 0 saturated heterocycles. The summed E-state index contributed by atoms with van der Waals surface area (Å²) in [4.78, 5) is 12.2. The molecule has 1 heterocycles. The lowest BCUT2D eigenvalue weighted by atomic mass is 10.1. The Kier molecular flexibility index (Phi) is 4.66. The number of ether oxygens (including phenoxy) is 2. The van der Waals surface area contributed by atoms with Crippen LogP contribution in [0.3, 0.4) is 0 Å². The molecule has 1 aliphatic heterocycles. The molecule has 0 radical (unpaired) electrons. The normalized spacial score (nSPS) is 16.7. The summed E-state index contributed by atoms with van der Waals surface area (Å²) in [6, 6.07) is 7.21. The van der Waals surface area contributed by atoms with E-state index in [0.717, 1.165) is 0 Å². The zero-order valence-corrected chi connectivity index (χ0v) is 13.3. The summed E-state index contributed by atoms with van der Waals surface area (Å²) in [7, 11) is 0. The predicted octanol–water partition coefficient (Wildman–Crippen LogP) is 4.50. The van der Waals surface area contributed by atoms with Crippen molar-refractivity contribution in [2.75, 3.05) is 11.9 Å². The second kappa shape index (κ2) is 6.67. The average molecular weight is 391 g/mol. The van der Waals surface area contributed by atoms with Gasteiger partial charge < -0.3 is 14.8 Å². The van der Waals surface area contributed by atoms with Gasteiger partial charge in [-0.1, -0.05) is 12.1 Å². The van der Waals surface area contributed by atoms with Crippen LogP contribution in [0.1, 0.15) is 11.1 Å². The lowest BCUT2D eigenvalue weighted by molar-refractivity contribution is -0.143. The average Bonchev–Trinajstić information content (AvgIpc) is 2.59. The van der Waals surface area contributed by atoms with Crippen LogP contribution in [0.15, 0.2) is 42.5 Å². The molecule has 4 nitrogen and oxygen atoms in total. The fourth-order valence-electron chi connectivity index (χ4n) is 2.40. The molecule has 0 saturated carbocycles. The number of fused-ring (bicyclic) bond motifs is 1. The molecule has 0 unspecified atom stereocenters. The van der Waals surface area contributed by atoms with Crippen molar-refractivity contribution in [3.05, 3.63) is 53.6 Å². The molecule has 10 heteroatoms. The standard InChI is InChI=1S/C17H11F6NO3/c18-16(19,20)9-5-10(17(21,22)23)7-11(6-9)24-15(25)14-8-26-12-3-1-2-4-13(12)27-14/h1-7,14H,8H2,(H,24,25)/t14-/m0/s1. The van der Waals surface area contributed by atoms with E-state index in [2.05, 4.69) is 0 Å². The Morgan fingerprint density at radius 2 is 1.48 bits per heavy atom. The first-order valence-electron chi connectivity index (χ1n) is 7.53. The molecule has 3 rings (SSSR count). The molecular formula is C17H11F6NO3. The van der Waals surface area contributed by atoms with Gasteiger partial charge in [0, 0.05) is 5.69 Å². The maximum absolute atomic E-state index is 12.9. The topological polar surface area (TPSA) is 47.6 Å². The number of rotatable bonds is 2. The Morgan fingerprint density at radius 1 is 0.926 bits per heavy atom. The van der Waals surface area contributed by atoms with Crippen LogP contribution in [0.2, 0.25) is 0 Å². The van der Waals surface area contributed by atoms with Crippen LogP contribution < -0.4 is 14.8 Å². The van der Waals surface area contributed by atoms with Crippen LogP contribution >= 0.6 is 0 Å². The Bertz CT molecular complexity index is 830. The molecule has 1 atom stereocenters. The summed E-state index contributed by atoms with van der Waals surface area (Å²) in [6.45, 7) is -0.242. The summed E-state index contributed by atoms with van der Waals surface area (Å²) in [5.41, 5.74) is -3.71. The van der Waals surface area contributed by atoms with Crippen LogP contribution in [-0.4, -0.2) is 18.6 Å². The molecule has 0 aromatic heterocycles. The van der Waals surface area contributed by atoms with Crippen molar-refractivity contribution in [1.82, 2.24) is 0 Å². The van der Waals surface area contributed by atoms with Gasteiger partial charge in [0.2, 0.25) is 6.10 Å². The number of hydrogen-bond acceptors (Lipinski definition) is 3. The number of amides is 1. The molecule has 2 aromatic rings. The fourth-order valence-corrected chi connectivity index (χ4v) is 2.40. The molecule has 1 amide bonds. The van der Waals surface area contributed by atoms with Gasteiger partial charge in [0.05, 0.1) is 11.1 Å². The third-order valence-electron chi connectivity index (χ3n) is 3.66. The predicted molar refractivity (Wildman–Crippen MR) is 81.4 cm³/mol. The van der Waals surface area contributed by atoms with E-state index in [1.807, 2.05) is 5.32 Å². The van der Waals surface area contributed by atoms with Crippen LogP contribution in [0.25, 0.3) is 0 Å². The van der Waals surface area contributed by atoms with Crippen molar-refractivity contribution in [3.63, 3.8) is 0 Å². The van der Waals surface area contributed by atoms with Crippen molar-refractivity contribution in [2.24, 2.45) is 0 Å². The number of halogens is 6. The first-order chi connectivity index (χ1) is 12.5. The molecular weight excluding hydrogens is 380 g/mol. The van der Waals surface area contributed by atoms with Crippen molar-refractivity contribution >= 4 is 11.6 Å². The second-order valence-electron chi connectivity index (χ2n) is 5.65. The van der Waals surface area contributed by atoms with Gasteiger partial charge in [0.25, 0.3) is 5.91 Å². The molecule has 1 N–H and O–H groups in total. The van der Waals surface area contributed by atoms with E-state index in [1.54, 1.807) is 18.2 Å². The van der Waals surface area contributed by atoms with Crippen molar-refractivity contribution in [1.29, 1.82) is 0 Å². The van der Waals surface area contributed by atoms with Gasteiger partial charge in [-0.2, -0.15) is 26.3 Å². The van der Waals surface area contributed by atoms with Gasteiger partial charge in [-0.3, -0.25) is 4.79 Å². The Hall–Kier alpha value is -2.91. The minimum atomic E-state index is -5.01. The minimum absolute atomic E-state index is 0.0217. The van der Waals surface area contributed by atoms with E-state index in [1.165, 1.54) is 6.07 Å². The largest absolute Gasteiger partial charge is 0.485 e. The van der Waals surface area contributed by atoms with Gasteiger partial charge >= 0.3 is 12.4 Å². The Morgan fingerprint density at radius 3 is 2.04 bits per heavy atom. The maximum atomic E-state index is 12.9. The van der Waals surface area contributed by atoms with Crippen LogP contribution in [0, 0.1) is 0 Å². The van der Waals surface area contributed by atoms with Gasteiger partial charge in [-0.15, -0.1) is 0 Å². The molecule has 2 aromatic carbocycles. The Labute approximate surface area is 148 Å². The highest BCUT2D eigenvalue weighted by Gasteiger charge is 2.37. The smallest absolute Gasteiger partial charge is 0.416 e. The molecule has 1 aliphatic rings. The van der Waals surface area contributed by atoms with Crippen molar-refractivity contribution in [2.45, 2.75) is 18.5 Å². The molecule has 27 heavy (non-hydrogen) atoms. The van der Waals surface area contributed by atoms with Gasteiger partial charge in [0.1, 0.15) is 6.61 Å². The minimum Gasteiger partial charge on any atom is -0.485 e. The summed E-state index contributed by atoms with van der Waals surface area (Å²) in [6.07, 6.45) is -11.3. The van der Waals surface area contributed by atoms with Gasteiger partial charge in [-0.25, -0.2) is 0 Å². The number of carbonyl (C=O) groups is 1. The lowest BCUT2D eigenvalue weighted by Crippen LogP contribution is -2.40. The number of alkyl halides is 6. The quantitative estimate of drug-likeness (QED) is 0.767. The van der Waals surface area contributed by atoms with Crippen molar-refractivity contribution < 1.29 is 40.6 Å². The summed E-state index contributed by atoms with van der Waals surface area (Å²) >= 11 is 0. The van der Waals surface area contributed by atoms with E-state index in [0.29, 0.717) is 17.9 Å².